The topological polar surface area (TPSA) is 101 Å². The van der Waals surface area contributed by atoms with Gasteiger partial charge in [-0.3, -0.25) is 19.0 Å². The van der Waals surface area contributed by atoms with Crippen molar-refractivity contribution >= 4 is 22.8 Å². The summed E-state index contributed by atoms with van der Waals surface area (Å²) in [6.45, 7) is 3.46. The van der Waals surface area contributed by atoms with Gasteiger partial charge in [-0.25, -0.2) is 4.98 Å². The van der Waals surface area contributed by atoms with Crippen LogP contribution in [-0.2, 0) is 16.1 Å². The van der Waals surface area contributed by atoms with E-state index in [9.17, 15) is 14.4 Å². The fourth-order valence-electron chi connectivity index (χ4n) is 2.72. The van der Waals surface area contributed by atoms with Gasteiger partial charge in [-0.15, -0.1) is 0 Å². The number of hydrogen-bond donors (Lipinski definition) is 2. The summed E-state index contributed by atoms with van der Waals surface area (Å²) in [5.41, 5.74) is -0.536. The fourth-order valence-corrected chi connectivity index (χ4v) is 2.72. The molecule has 2 rings (SSSR count). The summed E-state index contributed by atoms with van der Waals surface area (Å²) in [4.78, 5) is 39.9. The van der Waals surface area contributed by atoms with Crippen LogP contribution in [0.5, 0.6) is 0 Å². The molecular weight excluding hydrogens is 310 g/mol. The summed E-state index contributed by atoms with van der Waals surface area (Å²) in [5, 5.41) is 12.3. The first-order valence-corrected chi connectivity index (χ1v) is 7.88. The van der Waals surface area contributed by atoms with Crippen molar-refractivity contribution in [1.29, 1.82) is 0 Å². The number of nitrogens with one attached hydrogen (secondary N) is 1. The Morgan fingerprint density at radius 3 is 2.54 bits per heavy atom. The first-order chi connectivity index (χ1) is 11.4. The molecule has 2 N–H and O–H groups in total. The van der Waals surface area contributed by atoms with Gasteiger partial charge in [0.15, 0.2) is 0 Å². The summed E-state index contributed by atoms with van der Waals surface area (Å²) < 4.78 is 1.23. The van der Waals surface area contributed by atoms with Crippen molar-refractivity contribution < 1.29 is 14.7 Å². The van der Waals surface area contributed by atoms with Crippen molar-refractivity contribution in [2.45, 2.75) is 45.2 Å². The molecule has 7 nitrogen and oxygen atoms in total. The minimum absolute atomic E-state index is 0.156. The number of aromatic nitrogens is 2. The van der Waals surface area contributed by atoms with Crippen LogP contribution in [0, 0.1) is 0 Å². The second-order valence-corrected chi connectivity index (χ2v) is 5.80. The number of hydrogen-bond acceptors (Lipinski definition) is 4. The molecule has 1 aromatic carbocycles. The molecule has 1 amide bonds. The van der Waals surface area contributed by atoms with Crippen molar-refractivity contribution in [3.8, 4) is 0 Å². The largest absolute Gasteiger partial charge is 0.481 e. The van der Waals surface area contributed by atoms with Crippen LogP contribution >= 0.6 is 0 Å². The fraction of sp³-hybridized carbons (Fsp3) is 0.412. The molecule has 2 aromatic rings. The Labute approximate surface area is 139 Å². The molecule has 0 saturated carbocycles. The lowest BCUT2D eigenvalue weighted by Crippen LogP contribution is -2.50. The Kier molecular flexibility index (Phi) is 5.33. The highest BCUT2D eigenvalue weighted by Gasteiger charge is 2.31. The van der Waals surface area contributed by atoms with Crippen LogP contribution in [0.4, 0.5) is 0 Å². The van der Waals surface area contributed by atoms with Crippen LogP contribution in [0.25, 0.3) is 10.9 Å². The maximum Gasteiger partial charge on any atom is 0.305 e. The highest BCUT2D eigenvalue weighted by molar-refractivity contribution is 5.80. The Bertz CT molecular complexity index is 809. The predicted octanol–water partition coefficient (Wildman–Crippen LogP) is 1.55. The van der Waals surface area contributed by atoms with E-state index in [2.05, 4.69) is 10.3 Å². The lowest BCUT2D eigenvalue weighted by atomic mass is 9.89. The van der Waals surface area contributed by atoms with Gasteiger partial charge in [0.1, 0.15) is 6.54 Å². The minimum Gasteiger partial charge on any atom is -0.481 e. The maximum absolute atomic E-state index is 12.4. The van der Waals surface area contributed by atoms with E-state index in [4.69, 9.17) is 5.11 Å². The number of rotatable bonds is 7. The summed E-state index contributed by atoms with van der Waals surface area (Å²) in [6.07, 6.45) is 2.16. The summed E-state index contributed by atoms with van der Waals surface area (Å²) >= 11 is 0. The summed E-state index contributed by atoms with van der Waals surface area (Å²) in [6, 6.07) is 6.91. The van der Waals surface area contributed by atoms with Crippen LogP contribution in [0.1, 0.15) is 33.1 Å². The first-order valence-electron chi connectivity index (χ1n) is 7.88. The molecule has 0 atom stereocenters. The van der Waals surface area contributed by atoms with E-state index < -0.39 is 17.4 Å². The quantitative estimate of drug-likeness (QED) is 0.801. The molecule has 1 heterocycles. The zero-order valence-corrected chi connectivity index (χ0v) is 13.8. The van der Waals surface area contributed by atoms with Crippen molar-refractivity contribution in [1.82, 2.24) is 14.9 Å². The number of para-hydroxylation sites is 1. The molecule has 24 heavy (non-hydrogen) atoms. The molecule has 0 spiro atoms. The molecule has 0 aliphatic rings. The van der Waals surface area contributed by atoms with Gasteiger partial charge in [-0.05, 0) is 25.0 Å². The molecule has 128 valence electrons. The van der Waals surface area contributed by atoms with E-state index in [1.807, 2.05) is 13.8 Å². The van der Waals surface area contributed by atoms with Crippen LogP contribution in [0.15, 0.2) is 35.4 Å². The standard InChI is InChI=1S/C17H21N3O4/c1-3-17(4-2,9-15(22)23)19-14(21)10-20-11-18-13-8-6-5-7-12(13)16(20)24/h5-8,11H,3-4,9-10H2,1-2H3,(H,19,21)(H,22,23). The molecule has 7 heteroatoms. The number of carboxylic acid groups (broad SMARTS) is 1. The van der Waals surface area contributed by atoms with Crippen molar-refractivity contribution in [2.24, 2.45) is 0 Å². The minimum atomic E-state index is -0.969. The summed E-state index contributed by atoms with van der Waals surface area (Å²) in [5.74, 6) is -1.37. The van der Waals surface area contributed by atoms with Crippen LogP contribution < -0.4 is 10.9 Å². The molecule has 0 aliphatic carbocycles. The number of carbonyl (C=O) groups excluding carboxylic acids is 1. The smallest absolute Gasteiger partial charge is 0.305 e. The first kappa shape index (κ1) is 17.7. The van der Waals surface area contributed by atoms with Gasteiger partial charge in [0.05, 0.1) is 29.2 Å². The number of fused-ring (bicyclic) bond motifs is 1. The average molecular weight is 331 g/mol. The zero-order chi connectivity index (χ0) is 17.7. The number of amides is 1. The Morgan fingerprint density at radius 1 is 1.25 bits per heavy atom. The Morgan fingerprint density at radius 2 is 1.92 bits per heavy atom. The third kappa shape index (κ3) is 3.79. The number of carboxylic acids is 1. The normalized spacial score (nSPS) is 11.4. The molecular formula is C17H21N3O4. The molecule has 0 unspecified atom stereocenters. The van der Waals surface area contributed by atoms with E-state index in [1.165, 1.54) is 10.9 Å². The van der Waals surface area contributed by atoms with Gasteiger partial charge >= 0.3 is 5.97 Å². The van der Waals surface area contributed by atoms with Crippen molar-refractivity contribution in [3.05, 3.63) is 40.9 Å². The van der Waals surface area contributed by atoms with Crippen LogP contribution in [0.3, 0.4) is 0 Å². The zero-order valence-electron chi connectivity index (χ0n) is 13.8. The lowest BCUT2D eigenvalue weighted by molar-refractivity contribution is -0.139. The number of carbonyl (C=O) groups is 2. The summed E-state index contributed by atoms with van der Waals surface area (Å²) in [7, 11) is 0. The molecule has 0 fully saturated rings. The van der Waals surface area contributed by atoms with Crippen molar-refractivity contribution in [2.75, 3.05) is 0 Å². The van der Waals surface area contributed by atoms with Gasteiger partial charge in [0.25, 0.3) is 5.56 Å². The Balaban J connectivity index is 2.21. The van der Waals surface area contributed by atoms with Gasteiger partial charge in [0, 0.05) is 0 Å². The SMILES string of the molecule is CCC(CC)(CC(=O)O)NC(=O)Cn1cnc2ccccc2c1=O. The van der Waals surface area contributed by atoms with Crippen LogP contribution in [-0.4, -0.2) is 32.1 Å². The van der Waals surface area contributed by atoms with Gasteiger partial charge < -0.3 is 10.4 Å². The predicted molar refractivity (Wildman–Crippen MR) is 89.7 cm³/mol. The lowest BCUT2D eigenvalue weighted by Gasteiger charge is -2.31. The monoisotopic (exact) mass is 331 g/mol. The molecule has 0 saturated heterocycles. The number of aliphatic carboxylic acids is 1. The molecule has 0 bridgehead atoms. The highest BCUT2D eigenvalue weighted by Crippen LogP contribution is 2.19. The van der Waals surface area contributed by atoms with E-state index >= 15 is 0 Å². The molecule has 1 aromatic heterocycles. The van der Waals surface area contributed by atoms with Gasteiger partial charge in [-0.1, -0.05) is 26.0 Å². The van der Waals surface area contributed by atoms with E-state index in [0.717, 1.165) is 0 Å². The third-order valence-corrected chi connectivity index (χ3v) is 4.29. The van der Waals surface area contributed by atoms with E-state index in [0.29, 0.717) is 23.7 Å². The number of nitrogens with zero attached hydrogens (tertiary/aromatic N) is 2. The second-order valence-electron chi connectivity index (χ2n) is 5.80. The third-order valence-electron chi connectivity index (χ3n) is 4.29. The molecule has 0 radical (unpaired) electrons. The Hall–Kier alpha value is -2.70. The average Bonchev–Trinajstić information content (AvgIpc) is 2.56. The van der Waals surface area contributed by atoms with E-state index in [1.54, 1.807) is 24.3 Å². The maximum atomic E-state index is 12.4. The van der Waals surface area contributed by atoms with Crippen LogP contribution in [0.2, 0.25) is 0 Å². The second kappa shape index (κ2) is 7.25. The number of benzene rings is 1. The molecule has 0 aliphatic heterocycles. The van der Waals surface area contributed by atoms with Gasteiger partial charge in [0.2, 0.25) is 5.91 Å². The van der Waals surface area contributed by atoms with Gasteiger partial charge in [-0.2, -0.15) is 0 Å². The van der Waals surface area contributed by atoms with E-state index in [-0.39, 0.29) is 18.5 Å². The highest BCUT2D eigenvalue weighted by atomic mass is 16.4. The van der Waals surface area contributed by atoms with Crippen molar-refractivity contribution in [3.63, 3.8) is 0 Å².